The fourth-order valence-corrected chi connectivity index (χ4v) is 1.78. The number of ether oxygens (including phenoxy) is 1. The summed E-state index contributed by atoms with van der Waals surface area (Å²) in [4.78, 5) is 19.3. The molecule has 1 aromatic heterocycles. The second-order valence-electron chi connectivity index (χ2n) is 4.56. The maximum atomic E-state index is 10.9. The van der Waals surface area contributed by atoms with Gasteiger partial charge in [0.1, 0.15) is 0 Å². The number of aliphatic imine (C=N–C) groups is 1. The van der Waals surface area contributed by atoms with E-state index < -0.39 is 0 Å². The predicted molar refractivity (Wildman–Crippen MR) is 82.9 cm³/mol. The average Bonchev–Trinajstić information content (AvgIpc) is 2.54. The van der Waals surface area contributed by atoms with Gasteiger partial charge in [0.15, 0.2) is 5.96 Å². The highest BCUT2D eigenvalue weighted by Crippen LogP contribution is 2.00. The number of carbonyl (C=O) groups is 1. The summed E-state index contributed by atoms with van der Waals surface area (Å²) in [6.45, 7) is 1.46. The van der Waals surface area contributed by atoms with Crippen LogP contribution in [0.4, 0.5) is 0 Å². The highest BCUT2D eigenvalue weighted by atomic mass is 16.5. The lowest BCUT2D eigenvalue weighted by Crippen LogP contribution is -2.37. The number of unbranched alkanes of at least 4 members (excludes halogenated alkanes) is 2. The lowest BCUT2D eigenvalue weighted by Gasteiger charge is -2.11. The summed E-state index contributed by atoms with van der Waals surface area (Å²) in [7, 11) is 3.16. The lowest BCUT2D eigenvalue weighted by molar-refractivity contribution is -0.140. The number of hydrogen-bond donors (Lipinski definition) is 2. The van der Waals surface area contributed by atoms with Crippen molar-refractivity contribution < 1.29 is 9.53 Å². The summed E-state index contributed by atoms with van der Waals surface area (Å²) in [5.41, 5.74) is 0.971. The normalized spacial score (nSPS) is 11.0. The standard InChI is InChI=1S/C15H24N4O2/c1-16-15(19-12-13-8-5-7-10-17-13)18-11-6-3-4-9-14(20)21-2/h5,7-8,10H,3-4,6,9,11-12H2,1-2H3,(H2,16,18,19). The van der Waals surface area contributed by atoms with Gasteiger partial charge in [-0.1, -0.05) is 12.5 Å². The fraction of sp³-hybridized carbons (Fsp3) is 0.533. The summed E-state index contributed by atoms with van der Waals surface area (Å²) in [6, 6.07) is 5.82. The van der Waals surface area contributed by atoms with E-state index >= 15 is 0 Å². The second-order valence-corrected chi connectivity index (χ2v) is 4.56. The van der Waals surface area contributed by atoms with E-state index in [0.29, 0.717) is 13.0 Å². The zero-order valence-corrected chi connectivity index (χ0v) is 12.8. The number of rotatable bonds is 8. The Hall–Kier alpha value is -2.11. The van der Waals surface area contributed by atoms with Gasteiger partial charge in [0.2, 0.25) is 0 Å². The van der Waals surface area contributed by atoms with Gasteiger partial charge in [-0.15, -0.1) is 0 Å². The molecule has 116 valence electrons. The second kappa shape index (κ2) is 10.7. The molecule has 1 rings (SSSR count). The number of nitrogens with one attached hydrogen (secondary N) is 2. The first-order valence-electron chi connectivity index (χ1n) is 7.17. The number of guanidine groups is 1. The van der Waals surface area contributed by atoms with Gasteiger partial charge >= 0.3 is 5.97 Å². The van der Waals surface area contributed by atoms with E-state index in [4.69, 9.17) is 0 Å². The quantitative estimate of drug-likeness (QED) is 0.328. The molecular weight excluding hydrogens is 268 g/mol. The first kappa shape index (κ1) is 16.9. The van der Waals surface area contributed by atoms with Crippen LogP contribution in [-0.4, -0.2) is 37.6 Å². The monoisotopic (exact) mass is 292 g/mol. The molecule has 6 heteroatoms. The Morgan fingerprint density at radius 3 is 2.81 bits per heavy atom. The Morgan fingerprint density at radius 1 is 1.29 bits per heavy atom. The minimum Gasteiger partial charge on any atom is -0.469 e. The van der Waals surface area contributed by atoms with E-state index in [-0.39, 0.29) is 5.97 Å². The molecule has 0 aromatic carbocycles. The van der Waals surface area contributed by atoms with Crippen molar-refractivity contribution in [2.75, 3.05) is 20.7 Å². The van der Waals surface area contributed by atoms with Gasteiger partial charge in [-0.3, -0.25) is 14.8 Å². The Kier molecular flexibility index (Phi) is 8.59. The van der Waals surface area contributed by atoms with Crippen LogP contribution in [0.2, 0.25) is 0 Å². The molecule has 0 bridgehead atoms. The van der Waals surface area contributed by atoms with E-state index in [1.54, 1.807) is 13.2 Å². The van der Waals surface area contributed by atoms with E-state index in [1.807, 2.05) is 18.2 Å². The Labute approximate surface area is 126 Å². The summed E-state index contributed by atoms with van der Waals surface area (Å²) >= 11 is 0. The first-order chi connectivity index (χ1) is 10.3. The first-order valence-corrected chi connectivity index (χ1v) is 7.17. The van der Waals surface area contributed by atoms with Crippen LogP contribution in [0.25, 0.3) is 0 Å². The minimum atomic E-state index is -0.143. The molecule has 2 N–H and O–H groups in total. The van der Waals surface area contributed by atoms with Gasteiger partial charge < -0.3 is 15.4 Å². The van der Waals surface area contributed by atoms with E-state index in [1.165, 1.54) is 7.11 Å². The largest absolute Gasteiger partial charge is 0.469 e. The van der Waals surface area contributed by atoms with Crippen LogP contribution in [0.5, 0.6) is 0 Å². The zero-order chi connectivity index (χ0) is 15.3. The number of aromatic nitrogens is 1. The smallest absolute Gasteiger partial charge is 0.305 e. The van der Waals surface area contributed by atoms with Crippen LogP contribution in [0.15, 0.2) is 29.4 Å². The molecule has 6 nitrogen and oxygen atoms in total. The Balaban J connectivity index is 2.10. The molecule has 0 aliphatic heterocycles. The van der Waals surface area contributed by atoms with Crippen molar-refractivity contribution in [3.63, 3.8) is 0 Å². The van der Waals surface area contributed by atoms with Crippen LogP contribution in [0.1, 0.15) is 31.4 Å². The van der Waals surface area contributed by atoms with Gasteiger partial charge in [0.25, 0.3) is 0 Å². The molecule has 0 fully saturated rings. The molecule has 0 unspecified atom stereocenters. The van der Waals surface area contributed by atoms with Crippen LogP contribution in [-0.2, 0) is 16.1 Å². The van der Waals surface area contributed by atoms with Gasteiger partial charge in [0.05, 0.1) is 19.3 Å². The highest BCUT2D eigenvalue weighted by Gasteiger charge is 2.00. The van der Waals surface area contributed by atoms with Crippen LogP contribution < -0.4 is 10.6 Å². The molecule has 0 radical (unpaired) electrons. The van der Waals surface area contributed by atoms with Gasteiger partial charge in [-0.05, 0) is 25.0 Å². The topological polar surface area (TPSA) is 75.6 Å². The van der Waals surface area contributed by atoms with E-state index in [2.05, 4.69) is 25.3 Å². The summed E-state index contributed by atoms with van der Waals surface area (Å²) in [5.74, 6) is 0.615. The SMILES string of the molecule is CN=C(NCCCCCC(=O)OC)NCc1ccccn1. The summed E-state index contributed by atoms with van der Waals surface area (Å²) in [5, 5.41) is 6.44. The molecule has 0 atom stereocenters. The number of carbonyl (C=O) groups excluding carboxylic acids is 1. The fourth-order valence-electron chi connectivity index (χ4n) is 1.78. The average molecular weight is 292 g/mol. The number of hydrogen-bond acceptors (Lipinski definition) is 4. The Morgan fingerprint density at radius 2 is 2.14 bits per heavy atom. The molecule has 0 spiro atoms. The predicted octanol–water partition coefficient (Wildman–Crippen LogP) is 1.48. The minimum absolute atomic E-state index is 0.143. The number of esters is 1. The zero-order valence-electron chi connectivity index (χ0n) is 12.8. The molecular formula is C15H24N4O2. The third kappa shape index (κ3) is 7.91. The molecule has 0 saturated heterocycles. The van der Waals surface area contributed by atoms with Gasteiger partial charge in [0, 0.05) is 26.2 Å². The molecule has 1 aromatic rings. The maximum absolute atomic E-state index is 10.9. The van der Waals surface area contributed by atoms with E-state index in [0.717, 1.165) is 37.5 Å². The van der Waals surface area contributed by atoms with Crippen molar-refractivity contribution in [3.8, 4) is 0 Å². The number of nitrogens with zero attached hydrogens (tertiary/aromatic N) is 2. The van der Waals surface area contributed by atoms with Gasteiger partial charge in [-0.25, -0.2) is 0 Å². The number of pyridine rings is 1. The number of methoxy groups -OCH3 is 1. The third-order valence-corrected chi connectivity index (χ3v) is 2.96. The van der Waals surface area contributed by atoms with Crippen LogP contribution in [0, 0.1) is 0 Å². The maximum Gasteiger partial charge on any atom is 0.305 e. The highest BCUT2D eigenvalue weighted by molar-refractivity contribution is 5.79. The molecule has 0 saturated carbocycles. The van der Waals surface area contributed by atoms with Crippen molar-refractivity contribution in [3.05, 3.63) is 30.1 Å². The lowest BCUT2D eigenvalue weighted by atomic mass is 10.2. The van der Waals surface area contributed by atoms with Crippen LogP contribution >= 0.6 is 0 Å². The molecule has 1 heterocycles. The van der Waals surface area contributed by atoms with Crippen molar-refractivity contribution in [1.29, 1.82) is 0 Å². The van der Waals surface area contributed by atoms with Crippen LogP contribution in [0.3, 0.4) is 0 Å². The molecule has 0 amide bonds. The van der Waals surface area contributed by atoms with Crippen molar-refractivity contribution in [2.45, 2.75) is 32.2 Å². The summed E-state index contributed by atoms with van der Waals surface area (Å²) in [6.07, 6.45) is 5.09. The van der Waals surface area contributed by atoms with Crippen molar-refractivity contribution in [1.82, 2.24) is 15.6 Å². The summed E-state index contributed by atoms with van der Waals surface area (Å²) < 4.78 is 4.60. The molecule has 21 heavy (non-hydrogen) atoms. The molecule has 0 aliphatic rings. The van der Waals surface area contributed by atoms with Crippen molar-refractivity contribution >= 4 is 11.9 Å². The Bertz CT molecular complexity index is 435. The van der Waals surface area contributed by atoms with Crippen molar-refractivity contribution in [2.24, 2.45) is 4.99 Å². The van der Waals surface area contributed by atoms with Gasteiger partial charge in [-0.2, -0.15) is 0 Å². The molecule has 0 aliphatic carbocycles. The third-order valence-electron chi connectivity index (χ3n) is 2.96. The van der Waals surface area contributed by atoms with E-state index in [9.17, 15) is 4.79 Å².